The molecule has 1 rings (SSSR count). The summed E-state index contributed by atoms with van der Waals surface area (Å²) in [6.45, 7) is 8.06. The van der Waals surface area contributed by atoms with Crippen molar-refractivity contribution in [2.75, 3.05) is 10.6 Å². The Balaban J connectivity index is 0.00000484. The minimum atomic E-state index is -0.509. The van der Waals surface area contributed by atoms with Gasteiger partial charge in [0.2, 0.25) is 11.8 Å². The molecule has 4 N–H and O–H groups in total. The molecule has 0 heterocycles. The molecule has 0 aliphatic heterocycles. The van der Waals surface area contributed by atoms with Gasteiger partial charge in [0.25, 0.3) is 0 Å². The van der Waals surface area contributed by atoms with E-state index >= 15 is 0 Å². The van der Waals surface area contributed by atoms with Crippen LogP contribution in [0.25, 0.3) is 0 Å². The van der Waals surface area contributed by atoms with E-state index in [2.05, 4.69) is 10.6 Å². The summed E-state index contributed by atoms with van der Waals surface area (Å²) >= 11 is 0. The van der Waals surface area contributed by atoms with E-state index in [1.807, 2.05) is 27.7 Å². The first-order valence-electron chi connectivity index (χ1n) is 7.74. The summed E-state index contributed by atoms with van der Waals surface area (Å²) in [5.74, 6) is 0.497. The lowest BCUT2D eigenvalue weighted by Crippen LogP contribution is -2.36. The summed E-state index contributed by atoms with van der Waals surface area (Å²) in [5.41, 5.74) is 7.23. The standard InChI is InChI=1S/C17H27N3O2.ClH/c1-11(2)9-15(18)17(22)20-14-7-5-13(6-8-14)19-16(21)10-12(3)4;/h5-8,11-12,15H,9-10,18H2,1-4H3,(H,19,21)(H,20,22);1H/t15-;/m0./s1. The number of hydrogen-bond acceptors (Lipinski definition) is 3. The van der Waals surface area contributed by atoms with E-state index in [9.17, 15) is 9.59 Å². The van der Waals surface area contributed by atoms with Gasteiger partial charge in [-0.05, 0) is 42.5 Å². The highest BCUT2D eigenvalue weighted by atomic mass is 35.5. The largest absolute Gasteiger partial charge is 0.326 e. The molecule has 1 aromatic carbocycles. The summed E-state index contributed by atoms with van der Waals surface area (Å²) in [6.07, 6.45) is 1.14. The second kappa shape index (κ2) is 10.2. The predicted molar refractivity (Wildman–Crippen MR) is 97.8 cm³/mol. The van der Waals surface area contributed by atoms with Gasteiger partial charge in [0.1, 0.15) is 0 Å². The van der Waals surface area contributed by atoms with Crippen LogP contribution in [0.4, 0.5) is 11.4 Å². The SMILES string of the molecule is CC(C)CC(=O)Nc1ccc(NC(=O)[C@@H](N)CC(C)C)cc1.Cl. The average molecular weight is 342 g/mol. The number of amides is 2. The summed E-state index contributed by atoms with van der Waals surface area (Å²) < 4.78 is 0. The quantitative estimate of drug-likeness (QED) is 0.710. The van der Waals surface area contributed by atoms with Crippen molar-refractivity contribution in [2.45, 2.75) is 46.6 Å². The van der Waals surface area contributed by atoms with Crippen molar-refractivity contribution in [1.29, 1.82) is 0 Å². The third-order valence-corrected chi connectivity index (χ3v) is 3.09. The van der Waals surface area contributed by atoms with Crippen LogP contribution in [0.15, 0.2) is 24.3 Å². The van der Waals surface area contributed by atoms with Crippen molar-refractivity contribution in [3.05, 3.63) is 24.3 Å². The molecule has 6 heteroatoms. The Labute approximate surface area is 144 Å². The molecule has 0 saturated heterocycles. The Bertz CT molecular complexity index is 501. The normalized spacial score (nSPS) is 11.8. The highest BCUT2D eigenvalue weighted by molar-refractivity contribution is 5.95. The molecule has 130 valence electrons. The van der Waals surface area contributed by atoms with Crippen molar-refractivity contribution in [1.82, 2.24) is 0 Å². The molecule has 0 aromatic heterocycles. The summed E-state index contributed by atoms with van der Waals surface area (Å²) in [5, 5.41) is 5.61. The van der Waals surface area contributed by atoms with Crippen LogP contribution >= 0.6 is 12.4 Å². The monoisotopic (exact) mass is 341 g/mol. The highest BCUT2D eigenvalue weighted by Gasteiger charge is 2.15. The van der Waals surface area contributed by atoms with Gasteiger partial charge in [0.15, 0.2) is 0 Å². The lowest BCUT2D eigenvalue weighted by atomic mass is 10.0. The third kappa shape index (κ3) is 8.57. The number of carbonyl (C=O) groups is 2. The maximum Gasteiger partial charge on any atom is 0.241 e. The van der Waals surface area contributed by atoms with E-state index in [0.717, 1.165) is 5.69 Å². The molecular weight excluding hydrogens is 314 g/mol. The van der Waals surface area contributed by atoms with Gasteiger partial charge in [-0.3, -0.25) is 9.59 Å². The van der Waals surface area contributed by atoms with E-state index in [1.165, 1.54) is 0 Å². The zero-order valence-electron chi connectivity index (χ0n) is 14.3. The van der Waals surface area contributed by atoms with Gasteiger partial charge in [-0.15, -0.1) is 12.4 Å². The second-order valence-electron chi connectivity index (χ2n) is 6.45. The van der Waals surface area contributed by atoms with Crippen molar-refractivity contribution in [2.24, 2.45) is 17.6 Å². The van der Waals surface area contributed by atoms with Crippen molar-refractivity contribution >= 4 is 35.6 Å². The van der Waals surface area contributed by atoms with Crippen LogP contribution in [0.2, 0.25) is 0 Å². The molecule has 0 saturated carbocycles. The Kier molecular flexibility index (Phi) is 9.53. The first-order chi connectivity index (χ1) is 10.3. The molecule has 1 atom stereocenters. The minimum absolute atomic E-state index is 0. The molecule has 0 aliphatic rings. The summed E-state index contributed by atoms with van der Waals surface area (Å²) in [6, 6.07) is 6.53. The van der Waals surface area contributed by atoms with Crippen LogP contribution in [0.3, 0.4) is 0 Å². The van der Waals surface area contributed by atoms with Gasteiger partial charge in [0.05, 0.1) is 6.04 Å². The highest BCUT2D eigenvalue weighted by Crippen LogP contribution is 2.15. The zero-order chi connectivity index (χ0) is 16.7. The second-order valence-corrected chi connectivity index (χ2v) is 6.45. The lowest BCUT2D eigenvalue weighted by Gasteiger charge is -2.14. The molecule has 1 aromatic rings. The molecule has 0 spiro atoms. The Morgan fingerprint density at radius 1 is 0.957 bits per heavy atom. The fraction of sp³-hybridized carbons (Fsp3) is 0.529. The predicted octanol–water partition coefficient (Wildman–Crippen LogP) is 3.40. The van der Waals surface area contributed by atoms with Gasteiger partial charge in [-0.1, -0.05) is 27.7 Å². The van der Waals surface area contributed by atoms with Gasteiger partial charge < -0.3 is 16.4 Å². The topological polar surface area (TPSA) is 84.2 Å². The first kappa shape index (κ1) is 21.4. The van der Waals surface area contributed by atoms with Gasteiger partial charge in [-0.2, -0.15) is 0 Å². The molecular formula is C17H28ClN3O2. The molecule has 5 nitrogen and oxygen atoms in total. The average Bonchev–Trinajstić information content (AvgIpc) is 2.39. The third-order valence-electron chi connectivity index (χ3n) is 3.09. The number of rotatable bonds is 7. The summed E-state index contributed by atoms with van der Waals surface area (Å²) in [7, 11) is 0. The minimum Gasteiger partial charge on any atom is -0.326 e. The first-order valence-corrected chi connectivity index (χ1v) is 7.74. The number of anilines is 2. The smallest absolute Gasteiger partial charge is 0.241 e. The molecule has 0 bridgehead atoms. The fourth-order valence-corrected chi connectivity index (χ4v) is 2.07. The van der Waals surface area contributed by atoms with Crippen LogP contribution in [0.5, 0.6) is 0 Å². The molecule has 0 fully saturated rings. The zero-order valence-corrected chi connectivity index (χ0v) is 15.1. The van der Waals surface area contributed by atoms with E-state index in [-0.39, 0.29) is 24.2 Å². The maximum absolute atomic E-state index is 11.9. The van der Waals surface area contributed by atoms with Crippen LogP contribution in [0.1, 0.15) is 40.5 Å². The molecule has 23 heavy (non-hydrogen) atoms. The molecule has 0 aliphatic carbocycles. The number of nitrogens with two attached hydrogens (primary N) is 1. The van der Waals surface area contributed by atoms with E-state index in [1.54, 1.807) is 24.3 Å². The van der Waals surface area contributed by atoms with Gasteiger partial charge in [-0.25, -0.2) is 0 Å². The van der Waals surface area contributed by atoms with Crippen molar-refractivity contribution < 1.29 is 9.59 Å². The number of halogens is 1. The molecule has 0 unspecified atom stereocenters. The van der Waals surface area contributed by atoms with Crippen molar-refractivity contribution in [3.63, 3.8) is 0 Å². The lowest BCUT2D eigenvalue weighted by molar-refractivity contribution is -0.118. The molecule has 0 radical (unpaired) electrons. The Morgan fingerprint density at radius 2 is 1.43 bits per heavy atom. The van der Waals surface area contributed by atoms with Crippen molar-refractivity contribution in [3.8, 4) is 0 Å². The molecule has 2 amide bonds. The van der Waals surface area contributed by atoms with Crippen LogP contribution < -0.4 is 16.4 Å². The van der Waals surface area contributed by atoms with E-state index in [0.29, 0.717) is 30.4 Å². The van der Waals surface area contributed by atoms with Crippen LogP contribution in [0, 0.1) is 11.8 Å². The number of carbonyl (C=O) groups excluding carboxylic acids is 2. The van der Waals surface area contributed by atoms with Gasteiger partial charge >= 0.3 is 0 Å². The van der Waals surface area contributed by atoms with Crippen LogP contribution in [-0.4, -0.2) is 17.9 Å². The summed E-state index contributed by atoms with van der Waals surface area (Å²) in [4.78, 5) is 23.6. The Hall–Kier alpha value is -1.59. The number of hydrogen-bond donors (Lipinski definition) is 3. The van der Waals surface area contributed by atoms with E-state index in [4.69, 9.17) is 5.73 Å². The number of benzene rings is 1. The van der Waals surface area contributed by atoms with Gasteiger partial charge in [0, 0.05) is 17.8 Å². The number of nitrogens with one attached hydrogen (secondary N) is 2. The van der Waals surface area contributed by atoms with E-state index < -0.39 is 6.04 Å². The van der Waals surface area contributed by atoms with Crippen LogP contribution in [-0.2, 0) is 9.59 Å². The Morgan fingerprint density at radius 3 is 1.87 bits per heavy atom. The fourth-order valence-electron chi connectivity index (χ4n) is 2.07. The maximum atomic E-state index is 11.9.